The van der Waals surface area contributed by atoms with Crippen LogP contribution in [0.25, 0.3) is 0 Å². The molecule has 0 radical (unpaired) electrons. The fraction of sp³-hybridized carbons (Fsp3) is 0.500. The highest BCUT2D eigenvalue weighted by atomic mass is 16.1. The fourth-order valence-corrected chi connectivity index (χ4v) is 3.22. The summed E-state index contributed by atoms with van der Waals surface area (Å²) in [5.74, 6) is 1.31. The Labute approximate surface area is 152 Å². The molecule has 136 valence electrons. The summed E-state index contributed by atoms with van der Waals surface area (Å²) in [6.07, 6.45) is 4.75. The predicted octanol–water partition coefficient (Wildman–Crippen LogP) is 1.96. The molecular weight excluding hydrogens is 330 g/mol. The van der Waals surface area contributed by atoms with E-state index in [1.165, 1.54) is 10.9 Å². The monoisotopic (exact) mass is 353 g/mol. The van der Waals surface area contributed by atoms with Crippen LogP contribution in [0.1, 0.15) is 44.7 Å². The molecule has 1 saturated heterocycles. The number of hydrogen-bond donors (Lipinski definition) is 1. The molecule has 3 heterocycles. The lowest BCUT2D eigenvalue weighted by molar-refractivity contribution is 0.451. The number of nitrogens with zero attached hydrogens (tertiary/aromatic N) is 6. The van der Waals surface area contributed by atoms with E-state index in [9.17, 15) is 10.1 Å². The largest absolute Gasteiger partial charge is 0.365 e. The molecule has 0 saturated carbocycles. The van der Waals surface area contributed by atoms with Gasteiger partial charge in [-0.1, -0.05) is 0 Å². The third-order valence-corrected chi connectivity index (χ3v) is 4.57. The van der Waals surface area contributed by atoms with Crippen molar-refractivity contribution in [2.75, 3.05) is 23.3 Å². The van der Waals surface area contributed by atoms with Crippen LogP contribution in [0.3, 0.4) is 0 Å². The highest BCUT2D eigenvalue weighted by Gasteiger charge is 2.24. The van der Waals surface area contributed by atoms with Crippen molar-refractivity contribution >= 4 is 11.6 Å². The molecule has 0 spiro atoms. The van der Waals surface area contributed by atoms with E-state index in [1.807, 2.05) is 13.8 Å². The second kappa shape index (κ2) is 7.95. The number of rotatable bonds is 5. The third kappa shape index (κ3) is 3.82. The fourth-order valence-electron chi connectivity index (χ4n) is 3.22. The maximum atomic E-state index is 12.0. The number of hydrogen-bond acceptors (Lipinski definition) is 7. The van der Waals surface area contributed by atoms with Gasteiger partial charge in [0.1, 0.15) is 11.9 Å². The van der Waals surface area contributed by atoms with Gasteiger partial charge in [0.25, 0.3) is 5.56 Å². The van der Waals surface area contributed by atoms with E-state index in [-0.39, 0.29) is 17.6 Å². The minimum absolute atomic E-state index is 0.0154. The van der Waals surface area contributed by atoms with Crippen molar-refractivity contribution in [2.24, 2.45) is 0 Å². The standard InChI is InChI=1S/C18H23N7O/c1-13(2)25-17(26)7-6-16(23-25)24-10-4-3-5-15(24)12-20-18-14(11-19)8-9-21-22-18/h6-9,13,15H,3-5,10,12H2,1-2H3,(H,20,22). The number of anilines is 2. The molecule has 3 rings (SSSR count). The summed E-state index contributed by atoms with van der Waals surface area (Å²) in [5.41, 5.74) is 0.391. The molecule has 8 heteroatoms. The summed E-state index contributed by atoms with van der Waals surface area (Å²) in [6.45, 7) is 5.42. The first-order valence-corrected chi connectivity index (χ1v) is 8.92. The van der Waals surface area contributed by atoms with Gasteiger partial charge in [-0.3, -0.25) is 4.79 Å². The number of piperidine rings is 1. The van der Waals surface area contributed by atoms with Crippen molar-refractivity contribution in [3.63, 3.8) is 0 Å². The number of nitriles is 1. The quantitative estimate of drug-likeness (QED) is 0.877. The summed E-state index contributed by atoms with van der Waals surface area (Å²) in [4.78, 5) is 14.2. The van der Waals surface area contributed by atoms with Crippen LogP contribution < -0.4 is 15.8 Å². The van der Waals surface area contributed by atoms with Gasteiger partial charge >= 0.3 is 0 Å². The molecule has 0 aromatic carbocycles. The van der Waals surface area contributed by atoms with Gasteiger partial charge in [0.05, 0.1) is 17.8 Å². The van der Waals surface area contributed by atoms with Crippen molar-refractivity contribution in [1.29, 1.82) is 5.26 Å². The van der Waals surface area contributed by atoms with Crippen molar-refractivity contribution < 1.29 is 0 Å². The summed E-state index contributed by atoms with van der Waals surface area (Å²) < 4.78 is 1.52. The first-order chi connectivity index (χ1) is 12.6. The molecule has 2 aromatic rings. The maximum absolute atomic E-state index is 12.0. The second-order valence-electron chi connectivity index (χ2n) is 6.70. The highest BCUT2D eigenvalue weighted by molar-refractivity contribution is 5.50. The summed E-state index contributed by atoms with van der Waals surface area (Å²) in [7, 11) is 0. The van der Waals surface area contributed by atoms with Crippen LogP contribution in [0, 0.1) is 11.3 Å². The van der Waals surface area contributed by atoms with Gasteiger partial charge in [-0.25, -0.2) is 4.68 Å². The Morgan fingerprint density at radius 1 is 1.35 bits per heavy atom. The molecular formula is C18H23N7O. The molecule has 0 amide bonds. The molecule has 1 N–H and O–H groups in total. The van der Waals surface area contributed by atoms with Crippen LogP contribution in [0.4, 0.5) is 11.6 Å². The van der Waals surface area contributed by atoms with Crippen molar-refractivity contribution in [2.45, 2.75) is 45.2 Å². The van der Waals surface area contributed by atoms with Crippen molar-refractivity contribution in [3.8, 4) is 6.07 Å². The molecule has 1 aliphatic rings. The van der Waals surface area contributed by atoms with Gasteiger partial charge in [-0.15, -0.1) is 5.10 Å². The van der Waals surface area contributed by atoms with E-state index in [0.29, 0.717) is 17.9 Å². The summed E-state index contributed by atoms with van der Waals surface area (Å²) in [5, 5.41) is 24.9. The van der Waals surface area contributed by atoms with E-state index < -0.39 is 0 Å². The van der Waals surface area contributed by atoms with Crippen LogP contribution in [0.2, 0.25) is 0 Å². The zero-order valence-corrected chi connectivity index (χ0v) is 15.1. The lowest BCUT2D eigenvalue weighted by atomic mass is 10.0. The van der Waals surface area contributed by atoms with E-state index in [4.69, 9.17) is 0 Å². The lowest BCUT2D eigenvalue weighted by Crippen LogP contribution is -2.45. The van der Waals surface area contributed by atoms with Crippen LogP contribution in [-0.4, -0.2) is 39.1 Å². The number of aromatic nitrogens is 4. The second-order valence-corrected chi connectivity index (χ2v) is 6.70. The smallest absolute Gasteiger partial charge is 0.267 e. The minimum atomic E-state index is -0.0892. The summed E-state index contributed by atoms with van der Waals surface area (Å²) in [6, 6.07) is 7.37. The Balaban J connectivity index is 1.79. The normalized spacial score (nSPS) is 17.2. The molecule has 0 aliphatic carbocycles. The van der Waals surface area contributed by atoms with E-state index >= 15 is 0 Å². The van der Waals surface area contributed by atoms with Crippen LogP contribution in [0.5, 0.6) is 0 Å². The molecule has 1 fully saturated rings. The molecule has 2 aromatic heterocycles. The maximum Gasteiger partial charge on any atom is 0.267 e. The van der Waals surface area contributed by atoms with Crippen LogP contribution in [-0.2, 0) is 0 Å². The average molecular weight is 353 g/mol. The van der Waals surface area contributed by atoms with Crippen molar-refractivity contribution in [1.82, 2.24) is 20.0 Å². The minimum Gasteiger partial charge on any atom is -0.365 e. The van der Waals surface area contributed by atoms with E-state index in [0.717, 1.165) is 31.6 Å². The molecule has 1 atom stereocenters. The first-order valence-electron chi connectivity index (χ1n) is 8.92. The third-order valence-electron chi connectivity index (χ3n) is 4.57. The first kappa shape index (κ1) is 17.9. The Kier molecular flexibility index (Phi) is 5.46. The Morgan fingerprint density at radius 3 is 2.96 bits per heavy atom. The molecule has 26 heavy (non-hydrogen) atoms. The van der Waals surface area contributed by atoms with E-state index in [2.05, 4.69) is 31.6 Å². The zero-order chi connectivity index (χ0) is 18.5. The predicted molar refractivity (Wildman–Crippen MR) is 99.1 cm³/mol. The highest BCUT2D eigenvalue weighted by Crippen LogP contribution is 2.23. The van der Waals surface area contributed by atoms with Gasteiger partial charge in [0, 0.05) is 25.2 Å². The Bertz CT molecular complexity index is 855. The molecule has 1 aliphatic heterocycles. The number of nitrogens with one attached hydrogen (secondary N) is 1. The van der Waals surface area contributed by atoms with Gasteiger partial charge in [-0.2, -0.15) is 15.5 Å². The van der Waals surface area contributed by atoms with Crippen LogP contribution >= 0.6 is 0 Å². The Morgan fingerprint density at radius 2 is 2.19 bits per heavy atom. The Hall–Kier alpha value is -2.95. The van der Waals surface area contributed by atoms with Crippen molar-refractivity contribution in [3.05, 3.63) is 40.3 Å². The van der Waals surface area contributed by atoms with E-state index in [1.54, 1.807) is 18.2 Å². The zero-order valence-electron chi connectivity index (χ0n) is 15.1. The SMILES string of the molecule is CC(C)n1nc(N2CCCCC2CNc2nnccc2C#N)ccc1=O. The molecule has 1 unspecified atom stereocenters. The molecule has 0 bridgehead atoms. The topological polar surface area (TPSA) is 99.7 Å². The van der Waals surface area contributed by atoms with Gasteiger partial charge in [0.2, 0.25) is 0 Å². The van der Waals surface area contributed by atoms with Gasteiger partial charge < -0.3 is 10.2 Å². The van der Waals surface area contributed by atoms with Crippen LogP contribution in [0.15, 0.2) is 29.2 Å². The average Bonchev–Trinajstić information content (AvgIpc) is 2.67. The molecule has 8 nitrogen and oxygen atoms in total. The van der Waals surface area contributed by atoms with Gasteiger partial charge in [0.15, 0.2) is 5.82 Å². The van der Waals surface area contributed by atoms with Gasteiger partial charge in [-0.05, 0) is 45.2 Å². The summed E-state index contributed by atoms with van der Waals surface area (Å²) >= 11 is 0. The lowest BCUT2D eigenvalue weighted by Gasteiger charge is -2.37.